The van der Waals surface area contributed by atoms with Crippen molar-refractivity contribution in [1.29, 1.82) is 5.26 Å². The molecule has 0 saturated carbocycles. The van der Waals surface area contributed by atoms with Crippen molar-refractivity contribution >= 4 is 22.8 Å². The first kappa shape index (κ1) is 21.1. The van der Waals surface area contributed by atoms with Gasteiger partial charge in [-0.2, -0.15) is 10.4 Å². The average molecular weight is 425 g/mol. The number of nitrogens with zero attached hydrogens (tertiary/aromatic N) is 4. The van der Waals surface area contributed by atoms with E-state index in [4.69, 9.17) is 11.0 Å². The third-order valence-electron chi connectivity index (χ3n) is 5.32. The average Bonchev–Trinajstić information content (AvgIpc) is 3.23. The summed E-state index contributed by atoms with van der Waals surface area (Å²) in [5.41, 5.74) is 12.2. The Morgan fingerprint density at radius 3 is 2.56 bits per heavy atom. The Morgan fingerprint density at radius 2 is 1.91 bits per heavy atom. The molecular weight excluding hydrogens is 400 g/mol. The molecule has 1 atom stereocenters. The van der Waals surface area contributed by atoms with E-state index in [0.29, 0.717) is 11.3 Å². The van der Waals surface area contributed by atoms with Gasteiger partial charge in [0.15, 0.2) is 0 Å². The molecule has 0 aliphatic heterocycles. The Bertz CT molecular complexity index is 1280. The molecular formula is C25H24N6O. The molecule has 7 heteroatoms. The number of hydrogen-bond acceptors (Lipinski definition) is 5. The van der Waals surface area contributed by atoms with Crippen LogP contribution in [0.15, 0.2) is 73.1 Å². The van der Waals surface area contributed by atoms with Gasteiger partial charge in [0.05, 0.1) is 29.4 Å². The van der Waals surface area contributed by atoms with Crippen molar-refractivity contribution in [3.8, 4) is 17.2 Å². The summed E-state index contributed by atoms with van der Waals surface area (Å²) in [6, 6.07) is 21.0. The summed E-state index contributed by atoms with van der Waals surface area (Å²) in [5, 5.41) is 16.3. The number of carbonyl (C=O) groups is 1. The monoisotopic (exact) mass is 424 g/mol. The summed E-state index contributed by atoms with van der Waals surface area (Å²) in [4.78, 5) is 13.9. The SMILES string of the molecule is C[C@H](N)C(=O)Nc1ccc(-c2cnn3ccc(CN(C)c4ccc(C#N)cc4)cc23)cc1. The molecule has 0 radical (unpaired) electrons. The molecule has 0 fully saturated rings. The molecule has 1 amide bonds. The second-order valence-corrected chi connectivity index (χ2v) is 7.79. The molecule has 2 aromatic carbocycles. The van der Waals surface area contributed by atoms with Crippen molar-refractivity contribution in [1.82, 2.24) is 9.61 Å². The second kappa shape index (κ2) is 8.92. The lowest BCUT2D eigenvalue weighted by Crippen LogP contribution is -2.32. The number of pyridine rings is 1. The molecule has 160 valence electrons. The van der Waals surface area contributed by atoms with Gasteiger partial charge in [0.25, 0.3) is 0 Å². The molecule has 0 saturated heterocycles. The minimum Gasteiger partial charge on any atom is -0.370 e. The number of fused-ring (bicyclic) bond motifs is 1. The topological polar surface area (TPSA) is 99.4 Å². The maximum absolute atomic E-state index is 11.8. The van der Waals surface area contributed by atoms with Gasteiger partial charge in [-0.05, 0) is 66.6 Å². The van der Waals surface area contributed by atoms with Crippen molar-refractivity contribution in [2.75, 3.05) is 17.3 Å². The molecule has 4 rings (SSSR count). The molecule has 7 nitrogen and oxygen atoms in total. The van der Waals surface area contributed by atoms with Crippen LogP contribution in [-0.4, -0.2) is 28.6 Å². The standard InChI is InChI=1S/C25H24N6O/c1-17(27)25(32)29-21-7-5-20(6-8-21)23-15-28-31-12-11-19(13-24(23)31)16-30(2)22-9-3-18(14-26)4-10-22/h3-13,15,17H,16,27H2,1-2H3,(H,29,32)/t17-/m0/s1. The van der Waals surface area contributed by atoms with Gasteiger partial charge in [-0.3, -0.25) is 4.79 Å². The van der Waals surface area contributed by atoms with Crippen LogP contribution < -0.4 is 16.0 Å². The minimum absolute atomic E-state index is 0.218. The Morgan fingerprint density at radius 1 is 1.19 bits per heavy atom. The lowest BCUT2D eigenvalue weighted by atomic mass is 10.1. The van der Waals surface area contributed by atoms with Gasteiger partial charge >= 0.3 is 0 Å². The van der Waals surface area contributed by atoms with E-state index in [0.717, 1.165) is 34.4 Å². The zero-order valence-corrected chi connectivity index (χ0v) is 18.0. The van der Waals surface area contributed by atoms with E-state index < -0.39 is 6.04 Å². The number of amides is 1. The molecule has 0 aliphatic rings. The van der Waals surface area contributed by atoms with Crippen molar-refractivity contribution < 1.29 is 4.79 Å². The molecule has 4 aromatic rings. The summed E-state index contributed by atoms with van der Waals surface area (Å²) in [5.74, 6) is -0.218. The van der Waals surface area contributed by atoms with E-state index in [1.165, 1.54) is 0 Å². The highest BCUT2D eigenvalue weighted by atomic mass is 16.2. The molecule has 2 heterocycles. The van der Waals surface area contributed by atoms with Crippen LogP contribution in [0.2, 0.25) is 0 Å². The molecule has 0 bridgehead atoms. The lowest BCUT2D eigenvalue weighted by Gasteiger charge is -2.19. The van der Waals surface area contributed by atoms with Gasteiger partial charge in [0.2, 0.25) is 5.91 Å². The quantitative estimate of drug-likeness (QED) is 0.491. The van der Waals surface area contributed by atoms with Crippen LogP contribution in [0.1, 0.15) is 18.1 Å². The third kappa shape index (κ3) is 4.46. The Kier molecular flexibility index (Phi) is 5.88. The van der Waals surface area contributed by atoms with Gasteiger partial charge in [-0.1, -0.05) is 12.1 Å². The third-order valence-corrected chi connectivity index (χ3v) is 5.32. The number of nitrogens with two attached hydrogens (primary N) is 1. The fraction of sp³-hybridized carbons (Fsp3) is 0.160. The zero-order chi connectivity index (χ0) is 22.7. The smallest absolute Gasteiger partial charge is 0.240 e. The maximum Gasteiger partial charge on any atom is 0.240 e. The summed E-state index contributed by atoms with van der Waals surface area (Å²) in [7, 11) is 2.03. The highest BCUT2D eigenvalue weighted by Gasteiger charge is 2.11. The lowest BCUT2D eigenvalue weighted by molar-refractivity contribution is -0.117. The van der Waals surface area contributed by atoms with Crippen molar-refractivity contribution in [2.45, 2.75) is 19.5 Å². The first-order valence-electron chi connectivity index (χ1n) is 10.3. The number of carbonyl (C=O) groups excluding carboxylic acids is 1. The Hall–Kier alpha value is -4.15. The van der Waals surface area contributed by atoms with Gasteiger partial charge in [0, 0.05) is 36.7 Å². The van der Waals surface area contributed by atoms with Crippen molar-refractivity contribution in [2.24, 2.45) is 5.73 Å². The van der Waals surface area contributed by atoms with Crippen LogP contribution in [-0.2, 0) is 11.3 Å². The highest BCUT2D eigenvalue weighted by Crippen LogP contribution is 2.27. The number of rotatable bonds is 6. The van der Waals surface area contributed by atoms with E-state index in [2.05, 4.69) is 33.5 Å². The molecule has 32 heavy (non-hydrogen) atoms. The second-order valence-electron chi connectivity index (χ2n) is 7.79. The summed E-state index contributed by atoms with van der Waals surface area (Å²) < 4.78 is 1.85. The van der Waals surface area contributed by atoms with Crippen LogP contribution in [0, 0.1) is 11.3 Å². The van der Waals surface area contributed by atoms with Crippen LogP contribution in [0.5, 0.6) is 0 Å². The van der Waals surface area contributed by atoms with Gasteiger partial charge in [0.1, 0.15) is 0 Å². The Balaban J connectivity index is 1.56. The molecule has 3 N–H and O–H groups in total. The maximum atomic E-state index is 11.8. The fourth-order valence-corrected chi connectivity index (χ4v) is 3.49. The molecule has 0 spiro atoms. The fourth-order valence-electron chi connectivity index (χ4n) is 3.49. The number of anilines is 2. The van der Waals surface area contributed by atoms with Crippen LogP contribution in [0.25, 0.3) is 16.6 Å². The number of benzene rings is 2. The zero-order valence-electron chi connectivity index (χ0n) is 18.0. The normalized spacial score (nSPS) is 11.7. The number of nitrogens with one attached hydrogen (secondary N) is 1. The van der Waals surface area contributed by atoms with Crippen LogP contribution in [0.3, 0.4) is 0 Å². The highest BCUT2D eigenvalue weighted by molar-refractivity contribution is 5.94. The summed E-state index contributed by atoms with van der Waals surface area (Å²) in [6.45, 7) is 2.37. The van der Waals surface area contributed by atoms with E-state index in [1.54, 1.807) is 6.92 Å². The van der Waals surface area contributed by atoms with Gasteiger partial charge in [-0.25, -0.2) is 4.52 Å². The summed E-state index contributed by atoms with van der Waals surface area (Å²) >= 11 is 0. The predicted octanol–water partition coefficient (Wildman–Crippen LogP) is 3.80. The largest absolute Gasteiger partial charge is 0.370 e. The van der Waals surface area contributed by atoms with E-state index in [9.17, 15) is 4.79 Å². The molecule has 2 aromatic heterocycles. The van der Waals surface area contributed by atoms with Crippen LogP contribution in [0.4, 0.5) is 11.4 Å². The minimum atomic E-state index is -0.560. The van der Waals surface area contributed by atoms with E-state index in [-0.39, 0.29) is 5.91 Å². The van der Waals surface area contributed by atoms with Crippen molar-refractivity contribution in [3.05, 3.63) is 84.2 Å². The van der Waals surface area contributed by atoms with E-state index in [1.807, 2.05) is 72.5 Å². The van der Waals surface area contributed by atoms with Crippen LogP contribution >= 0.6 is 0 Å². The first-order valence-corrected chi connectivity index (χ1v) is 10.3. The van der Waals surface area contributed by atoms with E-state index >= 15 is 0 Å². The number of nitriles is 1. The molecule has 0 unspecified atom stereocenters. The van der Waals surface area contributed by atoms with Gasteiger partial charge < -0.3 is 16.0 Å². The van der Waals surface area contributed by atoms with Crippen molar-refractivity contribution in [3.63, 3.8) is 0 Å². The molecule has 0 aliphatic carbocycles. The summed E-state index contributed by atoms with van der Waals surface area (Å²) in [6.07, 6.45) is 3.80. The number of hydrogen-bond donors (Lipinski definition) is 2. The predicted molar refractivity (Wildman–Crippen MR) is 126 cm³/mol. The van der Waals surface area contributed by atoms with Gasteiger partial charge in [-0.15, -0.1) is 0 Å². The Labute approximate surface area is 186 Å². The number of aromatic nitrogens is 2. The first-order chi connectivity index (χ1) is 15.4.